The average molecular weight is 248 g/mol. The van der Waals surface area contributed by atoms with Gasteiger partial charge in [0.15, 0.2) is 6.29 Å². The van der Waals surface area contributed by atoms with Crippen molar-refractivity contribution in [1.82, 2.24) is 5.32 Å². The van der Waals surface area contributed by atoms with Gasteiger partial charge in [-0.15, -0.1) is 0 Å². The van der Waals surface area contributed by atoms with Crippen LogP contribution in [0.5, 0.6) is 0 Å². The van der Waals surface area contributed by atoms with Gasteiger partial charge >= 0.3 is 0 Å². The van der Waals surface area contributed by atoms with Crippen molar-refractivity contribution in [1.29, 1.82) is 5.41 Å². The van der Waals surface area contributed by atoms with E-state index in [1.807, 2.05) is 58.3 Å². The molecule has 0 unspecified atom stereocenters. The summed E-state index contributed by atoms with van der Waals surface area (Å²) in [5.74, 6) is 0. The zero-order valence-corrected chi connectivity index (χ0v) is 11.9. The molecule has 0 saturated carbocycles. The predicted octanol–water partition coefficient (Wildman–Crippen LogP) is 3.06. The van der Waals surface area contributed by atoms with Gasteiger partial charge in [-0.3, -0.25) is 10.2 Å². The highest BCUT2D eigenvalue weighted by molar-refractivity contribution is 6.21. The molecule has 3 nitrogen and oxygen atoms in total. The maximum Gasteiger partial charge on any atom is 0.151 e. The van der Waals surface area contributed by atoms with Crippen LogP contribution in [0.4, 0.5) is 0 Å². The van der Waals surface area contributed by atoms with Crippen LogP contribution in [-0.4, -0.2) is 26.1 Å². The van der Waals surface area contributed by atoms with Gasteiger partial charge in [-0.2, -0.15) is 0 Å². The number of rotatable bonds is 3. The minimum atomic E-state index is 0.276. The van der Waals surface area contributed by atoms with Crippen molar-refractivity contribution in [3.05, 3.63) is 47.5 Å². The number of allylic oxidation sites excluding steroid dienone is 2. The lowest BCUT2D eigenvalue weighted by atomic mass is 10.0. The summed E-state index contributed by atoms with van der Waals surface area (Å²) in [6, 6.07) is 9.21. The third-order valence-corrected chi connectivity index (χ3v) is 1.79. The van der Waals surface area contributed by atoms with E-state index in [4.69, 9.17) is 5.41 Å². The van der Waals surface area contributed by atoms with Crippen LogP contribution in [0.3, 0.4) is 0 Å². The fourth-order valence-electron chi connectivity index (χ4n) is 1.04. The van der Waals surface area contributed by atoms with Gasteiger partial charge in [0.1, 0.15) is 0 Å². The fraction of sp³-hybridized carbons (Fsp3) is 0.333. The van der Waals surface area contributed by atoms with E-state index in [0.29, 0.717) is 11.9 Å². The van der Waals surface area contributed by atoms with Crippen molar-refractivity contribution in [2.45, 2.75) is 20.8 Å². The molecular formula is C15H24N2O. The molecule has 0 aromatic heterocycles. The molecule has 0 aliphatic carbocycles. The first-order valence-corrected chi connectivity index (χ1v) is 6.05. The van der Waals surface area contributed by atoms with Crippen LogP contribution < -0.4 is 5.32 Å². The van der Waals surface area contributed by atoms with Crippen LogP contribution in [0.15, 0.2) is 42.0 Å². The van der Waals surface area contributed by atoms with Crippen molar-refractivity contribution >= 4 is 12.0 Å². The van der Waals surface area contributed by atoms with Crippen molar-refractivity contribution in [3.8, 4) is 0 Å². The van der Waals surface area contributed by atoms with E-state index >= 15 is 0 Å². The normalized spacial score (nSPS) is 9.28. The molecule has 0 atom stereocenters. The quantitative estimate of drug-likeness (QED) is 0.491. The van der Waals surface area contributed by atoms with E-state index in [0.717, 1.165) is 5.56 Å². The van der Waals surface area contributed by atoms with Gasteiger partial charge in [-0.1, -0.05) is 50.3 Å². The first kappa shape index (κ1) is 18.6. The predicted molar refractivity (Wildman–Crippen MR) is 79.4 cm³/mol. The topological polar surface area (TPSA) is 53.0 Å². The Kier molecular flexibility index (Phi) is 13.8. The molecule has 0 bridgehead atoms. The number of carbonyl (C=O) groups is 1. The summed E-state index contributed by atoms with van der Waals surface area (Å²) < 4.78 is 0. The number of carbonyl (C=O) groups excluding carboxylic acids is 1. The van der Waals surface area contributed by atoms with E-state index in [1.165, 1.54) is 0 Å². The van der Waals surface area contributed by atoms with E-state index in [2.05, 4.69) is 5.32 Å². The minimum Gasteiger partial charge on any atom is -0.323 e. The summed E-state index contributed by atoms with van der Waals surface area (Å²) in [7, 11) is 3.75. The molecule has 0 saturated heterocycles. The maximum absolute atomic E-state index is 10.5. The Morgan fingerprint density at radius 3 is 1.94 bits per heavy atom. The fourth-order valence-corrected chi connectivity index (χ4v) is 1.04. The first-order valence-electron chi connectivity index (χ1n) is 6.05. The largest absolute Gasteiger partial charge is 0.323 e. The van der Waals surface area contributed by atoms with Gasteiger partial charge in [0.25, 0.3) is 0 Å². The summed E-state index contributed by atoms with van der Waals surface area (Å²) in [4.78, 5) is 10.5. The molecule has 3 heteroatoms. The average Bonchev–Trinajstić information content (AvgIpc) is 2.44. The third-order valence-electron chi connectivity index (χ3n) is 1.79. The Morgan fingerprint density at radius 2 is 1.61 bits per heavy atom. The van der Waals surface area contributed by atoms with Gasteiger partial charge in [0.2, 0.25) is 0 Å². The Balaban J connectivity index is 0. The Bertz CT molecular complexity index is 356. The number of hydrogen-bond acceptors (Lipinski definition) is 3. The highest BCUT2D eigenvalue weighted by Gasteiger charge is 2.04. The van der Waals surface area contributed by atoms with Crippen LogP contribution in [-0.2, 0) is 4.79 Å². The molecule has 0 aliphatic heterocycles. The lowest BCUT2D eigenvalue weighted by molar-refractivity contribution is -0.104. The summed E-state index contributed by atoms with van der Waals surface area (Å²) in [5.41, 5.74) is 1.46. The molecule has 0 spiro atoms. The van der Waals surface area contributed by atoms with Gasteiger partial charge in [-0.05, 0) is 21.0 Å². The summed E-state index contributed by atoms with van der Waals surface area (Å²) in [5, 5.41) is 10.4. The standard InChI is InChI=1S/C11H11NO.C2H7N.C2H6/c1-2-9(8-13)11(12)10-6-4-3-5-7-10;1-3-2;1-2/h2-8,12H,1H3;3H,1-2H3;1-2H3/b9-2-,12-11?;;. The maximum atomic E-state index is 10.5. The van der Waals surface area contributed by atoms with Gasteiger partial charge < -0.3 is 5.32 Å². The smallest absolute Gasteiger partial charge is 0.151 e. The zero-order valence-electron chi connectivity index (χ0n) is 11.9. The Labute approximate surface area is 110 Å². The van der Waals surface area contributed by atoms with Crippen LogP contribution in [0.25, 0.3) is 0 Å². The molecule has 18 heavy (non-hydrogen) atoms. The molecule has 100 valence electrons. The summed E-state index contributed by atoms with van der Waals surface area (Å²) in [6.07, 6.45) is 2.34. The minimum absolute atomic E-state index is 0.276. The van der Waals surface area contributed by atoms with Crippen molar-refractivity contribution in [2.24, 2.45) is 0 Å². The lowest BCUT2D eigenvalue weighted by Gasteiger charge is -2.01. The second-order valence-electron chi connectivity index (χ2n) is 3.10. The van der Waals surface area contributed by atoms with E-state index in [9.17, 15) is 4.79 Å². The first-order chi connectivity index (χ1) is 8.71. The number of hydrogen-bond donors (Lipinski definition) is 2. The molecule has 1 aromatic rings. The second-order valence-corrected chi connectivity index (χ2v) is 3.10. The molecule has 2 N–H and O–H groups in total. The molecule has 1 rings (SSSR count). The zero-order chi connectivity index (χ0) is 14.4. The highest BCUT2D eigenvalue weighted by Crippen LogP contribution is 2.05. The van der Waals surface area contributed by atoms with Crippen molar-refractivity contribution in [3.63, 3.8) is 0 Å². The Hall–Kier alpha value is -1.74. The second kappa shape index (κ2) is 13.3. The van der Waals surface area contributed by atoms with Crippen molar-refractivity contribution in [2.75, 3.05) is 14.1 Å². The molecule has 0 radical (unpaired) electrons. The van der Waals surface area contributed by atoms with Crippen molar-refractivity contribution < 1.29 is 4.79 Å². The SMILES string of the molecule is C/C=C(/C=O)C(=N)c1ccccc1.CC.CNC. The molecular weight excluding hydrogens is 224 g/mol. The van der Waals surface area contributed by atoms with Crippen LogP contribution in [0, 0.1) is 5.41 Å². The lowest BCUT2D eigenvalue weighted by Crippen LogP contribution is -2.03. The summed E-state index contributed by atoms with van der Waals surface area (Å²) >= 11 is 0. The van der Waals surface area contributed by atoms with Gasteiger partial charge in [0.05, 0.1) is 5.71 Å². The molecule has 0 aliphatic rings. The molecule has 0 heterocycles. The monoisotopic (exact) mass is 248 g/mol. The summed E-state index contributed by atoms with van der Waals surface area (Å²) in [6.45, 7) is 5.75. The highest BCUT2D eigenvalue weighted by atomic mass is 16.1. The number of aldehydes is 1. The van der Waals surface area contributed by atoms with Gasteiger partial charge in [0, 0.05) is 11.1 Å². The van der Waals surface area contributed by atoms with E-state index < -0.39 is 0 Å². The van der Waals surface area contributed by atoms with E-state index in [1.54, 1.807) is 13.0 Å². The van der Waals surface area contributed by atoms with Crippen LogP contribution in [0.2, 0.25) is 0 Å². The van der Waals surface area contributed by atoms with Crippen LogP contribution in [0.1, 0.15) is 26.3 Å². The molecule has 0 amide bonds. The van der Waals surface area contributed by atoms with E-state index in [-0.39, 0.29) is 5.71 Å². The number of benzene rings is 1. The third kappa shape index (κ3) is 7.52. The number of nitrogens with one attached hydrogen (secondary N) is 2. The molecule has 1 aromatic carbocycles. The van der Waals surface area contributed by atoms with Crippen LogP contribution >= 0.6 is 0 Å². The molecule has 0 fully saturated rings. The Morgan fingerprint density at radius 1 is 1.17 bits per heavy atom. The van der Waals surface area contributed by atoms with Gasteiger partial charge in [-0.25, -0.2) is 0 Å².